The zero-order valence-corrected chi connectivity index (χ0v) is 20.0. The predicted molar refractivity (Wildman–Crippen MR) is 135 cm³/mol. The molecule has 1 N–H and O–H groups in total. The van der Waals surface area contributed by atoms with Crippen LogP contribution in [0.1, 0.15) is 12.0 Å². The van der Waals surface area contributed by atoms with E-state index in [1.807, 2.05) is 24.3 Å². The highest BCUT2D eigenvalue weighted by Crippen LogP contribution is 2.29. The summed E-state index contributed by atoms with van der Waals surface area (Å²) in [7, 11) is 3.15. The van der Waals surface area contributed by atoms with Gasteiger partial charge in [0.15, 0.2) is 5.11 Å². The number of carbonyl (C=O) groups is 2. The predicted octanol–water partition coefficient (Wildman–Crippen LogP) is 4.37. The third-order valence-corrected chi connectivity index (χ3v) is 6.09. The molecule has 1 fully saturated rings. The van der Waals surface area contributed by atoms with Crippen molar-refractivity contribution in [3.63, 3.8) is 0 Å². The van der Waals surface area contributed by atoms with Crippen LogP contribution in [-0.2, 0) is 16.1 Å². The number of carbonyl (C=O) groups excluding carboxylic acids is 2. The van der Waals surface area contributed by atoms with Crippen LogP contribution < -0.4 is 19.7 Å². The number of benzene rings is 3. The van der Waals surface area contributed by atoms with Crippen molar-refractivity contribution >= 4 is 40.5 Å². The summed E-state index contributed by atoms with van der Waals surface area (Å²) < 4.78 is 23.8. The lowest BCUT2D eigenvalue weighted by atomic mass is 10.1. The number of hydrogen-bond donors (Lipinski definition) is 1. The Kier molecular flexibility index (Phi) is 7.26. The Morgan fingerprint density at radius 1 is 0.943 bits per heavy atom. The maximum Gasteiger partial charge on any atom is 0.256 e. The van der Waals surface area contributed by atoms with E-state index in [0.29, 0.717) is 29.4 Å². The molecule has 3 aromatic carbocycles. The quantitative estimate of drug-likeness (QED) is 0.470. The molecule has 9 heteroatoms. The monoisotopic (exact) mass is 493 g/mol. The van der Waals surface area contributed by atoms with E-state index in [1.54, 1.807) is 43.4 Å². The van der Waals surface area contributed by atoms with Gasteiger partial charge in [0.2, 0.25) is 5.91 Å². The summed E-state index contributed by atoms with van der Waals surface area (Å²) in [5.74, 6) is 0.269. The molecule has 7 nitrogen and oxygen atoms in total. The fourth-order valence-electron chi connectivity index (χ4n) is 3.83. The number of ether oxygens (including phenoxy) is 2. The topological polar surface area (TPSA) is 71.1 Å². The van der Waals surface area contributed by atoms with Crippen molar-refractivity contribution in [3.05, 3.63) is 84.2 Å². The molecule has 35 heavy (non-hydrogen) atoms. The summed E-state index contributed by atoms with van der Waals surface area (Å²) >= 11 is 5.66. The average Bonchev–Trinajstić information content (AvgIpc) is 3.09. The van der Waals surface area contributed by atoms with Crippen molar-refractivity contribution in [1.29, 1.82) is 0 Å². The molecule has 1 aliphatic rings. The van der Waals surface area contributed by atoms with Crippen molar-refractivity contribution in [3.8, 4) is 11.5 Å². The van der Waals surface area contributed by atoms with Crippen LogP contribution in [0.4, 0.5) is 15.8 Å². The van der Waals surface area contributed by atoms with Gasteiger partial charge < -0.3 is 19.7 Å². The first-order valence-corrected chi connectivity index (χ1v) is 11.3. The summed E-state index contributed by atoms with van der Waals surface area (Å²) in [5.41, 5.74) is 1.92. The number of rotatable bonds is 8. The Bertz CT molecular complexity index is 1220. The molecule has 1 heterocycles. The van der Waals surface area contributed by atoms with Gasteiger partial charge in [-0.1, -0.05) is 12.1 Å². The van der Waals surface area contributed by atoms with Crippen LogP contribution in [0.25, 0.3) is 0 Å². The van der Waals surface area contributed by atoms with E-state index >= 15 is 0 Å². The maximum atomic E-state index is 13.5. The van der Waals surface area contributed by atoms with Gasteiger partial charge in [0.25, 0.3) is 5.91 Å². The highest BCUT2D eigenvalue weighted by molar-refractivity contribution is 7.80. The number of anilines is 2. The molecule has 0 aliphatic carbocycles. The molecule has 0 spiro atoms. The first-order valence-electron chi connectivity index (χ1n) is 10.9. The largest absolute Gasteiger partial charge is 0.497 e. The molecule has 0 bridgehead atoms. The highest BCUT2D eigenvalue weighted by Gasteiger charge is 2.44. The number of hydrogen-bond acceptors (Lipinski definition) is 5. The molecular formula is C26H24FN3O4S. The van der Waals surface area contributed by atoms with E-state index in [4.69, 9.17) is 21.7 Å². The van der Waals surface area contributed by atoms with Crippen LogP contribution in [0.3, 0.4) is 0 Å². The van der Waals surface area contributed by atoms with Crippen LogP contribution in [0.5, 0.6) is 11.5 Å². The van der Waals surface area contributed by atoms with E-state index in [1.165, 1.54) is 29.2 Å². The van der Waals surface area contributed by atoms with Crippen molar-refractivity contribution in [2.45, 2.75) is 19.0 Å². The number of nitrogens with zero attached hydrogens (tertiary/aromatic N) is 2. The number of amides is 2. The Morgan fingerprint density at radius 3 is 2.09 bits per heavy atom. The van der Waals surface area contributed by atoms with Crippen LogP contribution in [0.15, 0.2) is 72.8 Å². The van der Waals surface area contributed by atoms with Gasteiger partial charge in [-0.25, -0.2) is 4.39 Å². The van der Waals surface area contributed by atoms with E-state index in [-0.39, 0.29) is 23.3 Å². The van der Waals surface area contributed by atoms with Gasteiger partial charge in [-0.05, 0) is 78.4 Å². The number of nitrogens with one attached hydrogen (secondary N) is 1. The van der Waals surface area contributed by atoms with Gasteiger partial charge in [-0.3, -0.25) is 14.5 Å². The van der Waals surface area contributed by atoms with Gasteiger partial charge in [-0.15, -0.1) is 0 Å². The molecule has 0 aromatic heterocycles. The molecule has 0 unspecified atom stereocenters. The third kappa shape index (κ3) is 5.41. The van der Waals surface area contributed by atoms with Crippen molar-refractivity contribution < 1.29 is 23.5 Å². The molecule has 180 valence electrons. The second kappa shape index (κ2) is 10.5. The Labute approximate surface area is 208 Å². The molecule has 0 saturated carbocycles. The van der Waals surface area contributed by atoms with Crippen LogP contribution >= 0.6 is 12.2 Å². The normalized spacial score (nSPS) is 15.3. The van der Waals surface area contributed by atoms with E-state index in [0.717, 1.165) is 5.56 Å². The summed E-state index contributed by atoms with van der Waals surface area (Å²) in [5, 5.41) is 3.07. The molecule has 1 aliphatic heterocycles. The number of thiocarbonyl (C=S) groups is 1. The smallest absolute Gasteiger partial charge is 0.256 e. The number of halogens is 1. The molecule has 3 aromatic rings. The Hall–Kier alpha value is -3.98. The second-order valence-corrected chi connectivity index (χ2v) is 8.27. The van der Waals surface area contributed by atoms with Gasteiger partial charge in [0, 0.05) is 12.2 Å². The van der Waals surface area contributed by atoms with Crippen molar-refractivity contribution in [1.82, 2.24) is 4.90 Å². The Balaban J connectivity index is 1.58. The van der Waals surface area contributed by atoms with Crippen molar-refractivity contribution in [2.75, 3.05) is 24.4 Å². The van der Waals surface area contributed by atoms with E-state index < -0.39 is 11.9 Å². The lowest BCUT2D eigenvalue weighted by Gasteiger charge is -2.24. The molecule has 2 amide bonds. The zero-order chi connectivity index (χ0) is 24.9. The zero-order valence-electron chi connectivity index (χ0n) is 19.2. The minimum absolute atomic E-state index is 0.112. The lowest BCUT2D eigenvalue weighted by molar-refractivity contribution is -0.124. The lowest BCUT2D eigenvalue weighted by Crippen LogP contribution is -2.37. The molecule has 1 saturated heterocycles. The number of methoxy groups -OCH3 is 2. The second-order valence-electron chi connectivity index (χ2n) is 7.91. The first kappa shape index (κ1) is 24.2. The molecule has 0 radical (unpaired) electrons. The van der Waals surface area contributed by atoms with Crippen LogP contribution in [-0.4, -0.2) is 42.1 Å². The minimum atomic E-state index is -0.826. The molecule has 4 rings (SSSR count). The SMILES string of the molecule is COc1ccc(CN2C(=S)N(c3ccc(F)cc3)C(=O)[C@@H]2CC(=O)Nc2ccc(OC)cc2)cc1. The first-order chi connectivity index (χ1) is 16.9. The van der Waals surface area contributed by atoms with E-state index in [2.05, 4.69) is 5.32 Å². The highest BCUT2D eigenvalue weighted by atomic mass is 32.1. The Morgan fingerprint density at radius 2 is 1.51 bits per heavy atom. The summed E-state index contributed by atoms with van der Waals surface area (Å²) in [4.78, 5) is 29.4. The average molecular weight is 494 g/mol. The standard InChI is InChI=1S/C26H24FN3O4S/c1-33-21-11-3-17(4-12-21)16-29-23(15-24(31)28-19-7-13-22(34-2)14-8-19)25(32)30(26(29)35)20-9-5-18(27)6-10-20/h3-14,23H,15-16H2,1-2H3,(H,28,31)/t23-/m0/s1. The third-order valence-electron chi connectivity index (χ3n) is 5.67. The van der Waals surface area contributed by atoms with E-state index in [9.17, 15) is 14.0 Å². The van der Waals surface area contributed by atoms with Gasteiger partial charge in [-0.2, -0.15) is 0 Å². The summed E-state index contributed by atoms with van der Waals surface area (Å²) in [6.07, 6.45) is -0.112. The van der Waals surface area contributed by atoms with Gasteiger partial charge >= 0.3 is 0 Å². The molecular weight excluding hydrogens is 469 g/mol. The van der Waals surface area contributed by atoms with Crippen LogP contribution in [0.2, 0.25) is 0 Å². The van der Waals surface area contributed by atoms with Gasteiger partial charge in [0.05, 0.1) is 26.3 Å². The summed E-state index contributed by atoms with van der Waals surface area (Å²) in [6, 6.07) is 19.0. The summed E-state index contributed by atoms with van der Waals surface area (Å²) in [6.45, 7) is 0.312. The molecule has 1 atom stereocenters. The fraction of sp³-hybridized carbons (Fsp3) is 0.192. The minimum Gasteiger partial charge on any atom is -0.497 e. The maximum absolute atomic E-state index is 13.5. The van der Waals surface area contributed by atoms with Crippen LogP contribution in [0, 0.1) is 5.82 Å². The van der Waals surface area contributed by atoms with Gasteiger partial charge in [0.1, 0.15) is 23.4 Å². The fourth-order valence-corrected chi connectivity index (χ4v) is 4.22. The van der Waals surface area contributed by atoms with Crippen molar-refractivity contribution in [2.24, 2.45) is 0 Å².